The Morgan fingerprint density at radius 2 is 2.00 bits per heavy atom. The van der Waals surface area contributed by atoms with Gasteiger partial charge in [-0.1, -0.05) is 12.2 Å². The van der Waals surface area contributed by atoms with E-state index in [0.717, 1.165) is 17.8 Å². The fourth-order valence-corrected chi connectivity index (χ4v) is 2.07. The van der Waals surface area contributed by atoms with Gasteiger partial charge in [-0.25, -0.2) is 0 Å². The lowest BCUT2D eigenvalue weighted by Crippen LogP contribution is -2.15. The molecule has 0 bridgehead atoms. The van der Waals surface area contributed by atoms with Gasteiger partial charge in [0.1, 0.15) is 10.8 Å². The highest BCUT2D eigenvalue weighted by molar-refractivity contribution is 7.80. The summed E-state index contributed by atoms with van der Waals surface area (Å²) in [5.74, 6) is 0.629. The highest BCUT2D eigenvalue weighted by Gasteiger charge is 2.31. The van der Waals surface area contributed by atoms with E-state index in [1.54, 1.807) is 17.8 Å². The van der Waals surface area contributed by atoms with Gasteiger partial charge in [0.05, 0.1) is 11.3 Å². The van der Waals surface area contributed by atoms with E-state index in [9.17, 15) is 13.2 Å². The van der Waals surface area contributed by atoms with Crippen LogP contribution in [0.1, 0.15) is 16.8 Å². The smallest absolute Gasteiger partial charge is 0.389 e. The number of thiocarbonyl (C=S) groups is 1. The second-order valence-corrected chi connectivity index (χ2v) is 4.98. The van der Waals surface area contributed by atoms with Crippen LogP contribution in [0, 0.1) is 6.92 Å². The Hall–Kier alpha value is -2.09. The summed E-state index contributed by atoms with van der Waals surface area (Å²) < 4.78 is 39.8. The van der Waals surface area contributed by atoms with Crippen molar-refractivity contribution in [2.75, 3.05) is 5.32 Å². The van der Waals surface area contributed by atoms with Gasteiger partial charge in [0, 0.05) is 24.4 Å². The van der Waals surface area contributed by atoms with Crippen molar-refractivity contribution in [3.63, 3.8) is 0 Å². The molecule has 2 rings (SSSR count). The minimum absolute atomic E-state index is 0.109. The quantitative estimate of drug-likeness (QED) is 0.855. The number of anilines is 2. The van der Waals surface area contributed by atoms with E-state index in [4.69, 9.17) is 18.0 Å². The highest BCUT2D eigenvalue weighted by atomic mass is 32.1. The molecule has 0 atom stereocenters. The number of nitrogens with two attached hydrogens (primary N) is 1. The molecule has 21 heavy (non-hydrogen) atoms. The van der Waals surface area contributed by atoms with Crippen LogP contribution in [-0.4, -0.2) is 14.8 Å². The Kier molecular flexibility index (Phi) is 3.91. The van der Waals surface area contributed by atoms with Gasteiger partial charge in [-0.2, -0.15) is 18.3 Å². The van der Waals surface area contributed by atoms with Gasteiger partial charge in [-0.05, 0) is 25.1 Å². The number of hydrogen-bond donors (Lipinski definition) is 2. The fourth-order valence-electron chi connectivity index (χ4n) is 1.90. The predicted molar refractivity (Wildman–Crippen MR) is 78.6 cm³/mol. The third kappa shape index (κ3) is 3.33. The predicted octanol–water partition coefficient (Wildman–Crippen LogP) is 3.13. The Morgan fingerprint density at radius 3 is 2.48 bits per heavy atom. The second kappa shape index (κ2) is 5.36. The topological polar surface area (TPSA) is 55.9 Å². The first-order valence-electron chi connectivity index (χ1n) is 5.97. The SMILES string of the molecule is Cc1cc(Nc2ccc(C(F)(F)F)cc2C(N)=S)n(C)n1. The van der Waals surface area contributed by atoms with Crippen molar-refractivity contribution in [1.29, 1.82) is 0 Å². The fraction of sp³-hybridized carbons (Fsp3) is 0.231. The zero-order valence-electron chi connectivity index (χ0n) is 11.3. The second-order valence-electron chi connectivity index (χ2n) is 4.54. The van der Waals surface area contributed by atoms with Crippen LogP contribution in [0.2, 0.25) is 0 Å². The average molecular weight is 314 g/mol. The van der Waals surface area contributed by atoms with Crippen molar-refractivity contribution in [3.8, 4) is 0 Å². The van der Waals surface area contributed by atoms with Crippen molar-refractivity contribution in [1.82, 2.24) is 9.78 Å². The van der Waals surface area contributed by atoms with E-state index < -0.39 is 11.7 Å². The summed E-state index contributed by atoms with van der Waals surface area (Å²) in [5, 5.41) is 7.14. The van der Waals surface area contributed by atoms with Crippen LogP contribution in [0.4, 0.5) is 24.7 Å². The maximum atomic E-state index is 12.7. The first kappa shape index (κ1) is 15.3. The number of hydrogen-bond acceptors (Lipinski definition) is 3. The molecule has 1 heterocycles. The van der Waals surface area contributed by atoms with Gasteiger partial charge in [0.25, 0.3) is 0 Å². The summed E-state index contributed by atoms with van der Waals surface area (Å²) in [7, 11) is 1.72. The molecule has 0 radical (unpaired) electrons. The van der Waals surface area contributed by atoms with E-state index >= 15 is 0 Å². The lowest BCUT2D eigenvalue weighted by molar-refractivity contribution is -0.137. The zero-order valence-corrected chi connectivity index (χ0v) is 12.1. The molecule has 0 amide bonds. The zero-order chi connectivity index (χ0) is 15.8. The summed E-state index contributed by atoms with van der Waals surface area (Å²) in [6.07, 6.45) is -4.44. The van der Waals surface area contributed by atoms with Crippen molar-refractivity contribution in [2.24, 2.45) is 12.8 Å². The normalized spacial score (nSPS) is 11.5. The van der Waals surface area contributed by atoms with E-state index in [-0.39, 0.29) is 10.6 Å². The Bertz CT molecular complexity index is 691. The largest absolute Gasteiger partial charge is 0.416 e. The van der Waals surface area contributed by atoms with Gasteiger partial charge < -0.3 is 11.1 Å². The molecule has 0 aliphatic heterocycles. The molecule has 0 saturated carbocycles. The number of aromatic nitrogens is 2. The number of rotatable bonds is 3. The van der Waals surface area contributed by atoms with Crippen LogP contribution in [0.25, 0.3) is 0 Å². The number of alkyl halides is 3. The summed E-state index contributed by atoms with van der Waals surface area (Å²) in [6.45, 7) is 1.81. The third-order valence-electron chi connectivity index (χ3n) is 2.88. The maximum Gasteiger partial charge on any atom is 0.416 e. The van der Waals surface area contributed by atoms with Crippen LogP contribution in [0.3, 0.4) is 0 Å². The average Bonchev–Trinajstić information content (AvgIpc) is 2.66. The van der Waals surface area contributed by atoms with E-state index in [1.165, 1.54) is 6.07 Å². The van der Waals surface area contributed by atoms with Crippen LogP contribution < -0.4 is 11.1 Å². The van der Waals surface area contributed by atoms with E-state index in [0.29, 0.717) is 11.5 Å². The summed E-state index contributed by atoms with van der Waals surface area (Å²) >= 11 is 4.83. The highest BCUT2D eigenvalue weighted by Crippen LogP contribution is 2.32. The number of nitrogens with zero attached hydrogens (tertiary/aromatic N) is 2. The van der Waals surface area contributed by atoms with E-state index in [2.05, 4.69) is 10.4 Å². The van der Waals surface area contributed by atoms with Crippen molar-refractivity contribution >= 4 is 28.7 Å². The minimum Gasteiger partial charge on any atom is -0.389 e. The van der Waals surface area contributed by atoms with E-state index in [1.807, 2.05) is 6.92 Å². The van der Waals surface area contributed by atoms with Gasteiger partial charge in [0.2, 0.25) is 0 Å². The maximum absolute atomic E-state index is 12.7. The standard InChI is InChI=1S/C13H13F3N4S/c1-7-5-11(20(2)19-7)18-10-4-3-8(13(14,15)16)6-9(10)12(17)21/h3-6,18H,1-2H3,(H2,17,21). The third-order valence-corrected chi connectivity index (χ3v) is 3.10. The number of halogens is 3. The summed E-state index contributed by atoms with van der Waals surface area (Å²) in [5.41, 5.74) is 6.05. The summed E-state index contributed by atoms with van der Waals surface area (Å²) in [6, 6.07) is 4.99. The van der Waals surface area contributed by atoms with Gasteiger partial charge in [-0.3, -0.25) is 4.68 Å². The first-order valence-corrected chi connectivity index (χ1v) is 6.38. The number of nitrogens with one attached hydrogen (secondary N) is 1. The minimum atomic E-state index is -4.44. The Balaban J connectivity index is 2.44. The lowest BCUT2D eigenvalue weighted by atomic mass is 10.1. The van der Waals surface area contributed by atoms with Crippen LogP contribution in [0.5, 0.6) is 0 Å². The van der Waals surface area contributed by atoms with Gasteiger partial charge in [-0.15, -0.1) is 0 Å². The monoisotopic (exact) mass is 314 g/mol. The molecule has 1 aromatic heterocycles. The lowest BCUT2D eigenvalue weighted by Gasteiger charge is -2.14. The van der Waals surface area contributed by atoms with Crippen LogP contribution in [0.15, 0.2) is 24.3 Å². The molecule has 4 nitrogen and oxygen atoms in total. The molecule has 3 N–H and O–H groups in total. The van der Waals surface area contributed by atoms with Gasteiger partial charge >= 0.3 is 6.18 Å². The Morgan fingerprint density at radius 1 is 1.33 bits per heavy atom. The molecule has 0 saturated heterocycles. The molecule has 0 spiro atoms. The molecule has 0 aliphatic rings. The van der Waals surface area contributed by atoms with Crippen molar-refractivity contribution in [3.05, 3.63) is 41.1 Å². The molecular weight excluding hydrogens is 301 g/mol. The Labute approximate surface area is 124 Å². The molecular formula is C13H13F3N4S. The number of aryl methyl sites for hydroxylation is 2. The summed E-state index contributed by atoms with van der Waals surface area (Å²) in [4.78, 5) is -0.109. The van der Waals surface area contributed by atoms with Crippen molar-refractivity contribution < 1.29 is 13.2 Å². The van der Waals surface area contributed by atoms with Crippen LogP contribution in [-0.2, 0) is 13.2 Å². The first-order chi connectivity index (χ1) is 9.68. The molecule has 1 aromatic carbocycles. The van der Waals surface area contributed by atoms with Gasteiger partial charge in [0.15, 0.2) is 0 Å². The number of benzene rings is 1. The van der Waals surface area contributed by atoms with Crippen molar-refractivity contribution in [2.45, 2.75) is 13.1 Å². The molecule has 0 aliphatic carbocycles. The molecule has 0 fully saturated rings. The van der Waals surface area contributed by atoms with Crippen LogP contribution >= 0.6 is 12.2 Å². The molecule has 2 aromatic rings. The molecule has 112 valence electrons. The molecule has 0 unspecified atom stereocenters. The molecule has 8 heteroatoms.